The fourth-order valence-corrected chi connectivity index (χ4v) is 5.29. The standard InChI is InChI=1S/C25H24ClN3O4S/c1-16-5-7-20(14-17(16)2)28-34(32,33)23-15-18(6-12-22(23)26)25(31)27-19-8-10-21(11-9-19)29-13-3-4-24(29)30/h5-12,14-15,28H,3-4,13H2,1-2H3,(H,27,31). The summed E-state index contributed by atoms with van der Waals surface area (Å²) in [5, 5.41) is 2.76. The fraction of sp³-hybridized carbons (Fsp3) is 0.200. The first kappa shape index (κ1) is 23.8. The summed E-state index contributed by atoms with van der Waals surface area (Å²) in [6.45, 7) is 4.51. The van der Waals surface area contributed by atoms with Gasteiger partial charge in [0, 0.05) is 35.6 Å². The molecule has 0 aliphatic carbocycles. The van der Waals surface area contributed by atoms with Gasteiger partial charge in [-0.3, -0.25) is 14.3 Å². The number of carbonyl (C=O) groups excluding carboxylic acids is 2. The quantitative estimate of drug-likeness (QED) is 0.493. The van der Waals surface area contributed by atoms with Crippen LogP contribution in [0.4, 0.5) is 17.1 Å². The third kappa shape index (κ3) is 5.08. The van der Waals surface area contributed by atoms with E-state index in [0.717, 1.165) is 23.2 Å². The van der Waals surface area contributed by atoms with Crippen molar-refractivity contribution in [2.75, 3.05) is 21.5 Å². The maximum atomic E-state index is 13.0. The van der Waals surface area contributed by atoms with Crippen molar-refractivity contribution in [3.63, 3.8) is 0 Å². The molecule has 0 saturated carbocycles. The SMILES string of the molecule is Cc1ccc(NS(=O)(=O)c2cc(C(=O)Nc3ccc(N4CCCC4=O)cc3)ccc2Cl)cc1C. The summed E-state index contributed by atoms with van der Waals surface area (Å²) in [6.07, 6.45) is 1.37. The van der Waals surface area contributed by atoms with Crippen molar-refractivity contribution >= 4 is 50.5 Å². The second-order valence-corrected chi connectivity index (χ2v) is 10.3. The van der Waals surface area contributed by atoms with Crippen LogP contribution in [0.2, 0.25) is 5.02 Å². The van der Waals surface area contributed by atoms with Crippen LogP contribution in [0, 0.1) is 13.8 Å². The molecule has 0 aromatic heterocycles. The Kier molecular flexibility index (Phi) is 6.63. The maximum Gasteiger partial charge on any atom is 0.263 e. The van der Waals surface area contributed by atoms with Crippen LogP contribution in [0.5, 0.6) is 0 Å². The number of anilines is 3. The van der Waals surface area contributed by atoms with E-state index in [1.54, 1.807) is 41.3 Å². The highest BCUT2D eigenvalue weighted by atomic mass is 35.5. The van der Waals surface area contributed by atoms with Crippen LogP contribution in [-0.2, 0) is 14.8 Å². The Hall–Kier alpha value is -3.36. The number of rotatable bonds is 6. The van der Waals surface area contributed by atoms with E-state index in [9.17, 15) is 18.0 Å². The van der Waals surface area contributed by atoms with Crippen molar-refractivity contribution in [2.24, 2.45) is 0 Å². The maximum absolute atomic E-state index is 13.0. The van der Waals surface area contributed by atoms with Crippen molar-refractivity contribution in [1.29, 1.82) is 0 Å². The summed E-state index contributed by atoms with van der Waals surface area (Å²) in [5.41, 5.74) is 3.83. The summed E-state index contributed by atoms with van der Waals surface area (Å²) in [4.78, 5) is 26.2. The molecule has 2 amide bonds. The molecule has 0 atom stereocenters. The molecule has 3 aromatic carbocycles. The average Bonchev–Trinajstić information content (AvgIpc) is 3.22. The van der Waals surface area contributed by atoms with Crippen molar-refractivity contribution in [3.05, 3.63) is 82.4 Å². The molecule has 2 N–H and O–H groups in total. The largest absolute Gasteiger partial charge is 0.322 e. The number of sulfonamides is 1. The van der Waals surface area contributed by atoms with Crippen LogP contribution in [0.1, 0.15) is 34.3 Å². The van der Waals surface area contributed by atoms with Gasteiger partial charge in [0.15, 0.2) is 0 Å². The second-order valence-electron chi connectivity index (χ2n) is 8.20. The lowest BCUT2D eigenvalue weighted by molar-refractivity contribution is -0.117. The van der Waals surface area contributed by atoms with Gasteiger partial charge in [-0.25, -0.2) is 8.42 Å². The van der Waals surface area contributed by atoms with E-state index in [2.05, 4.69) is 10.0 Å². The van der Waals surface area contributed by atoms with Gasteiger partial charge >= 0.3 is 0 Å². The lowest BCUT2D eigenvalue weighted by Crippen LogP contribution is -2.23. The Bertz CT molecular complexity index is 1370. The number of aryl methyl sites for hydroxylation is 2. The number of hydrogen-bond acceptors (Lipinski definition) is 4. The summed E-state index contributed by atoms with van der Waals surface area (Å²) in [5.74, 6) is -0.398. The Morgan fingerprint density at radius 3 is 2.29 bits per heavy atom. The lowest BCUT2D eigenvalue weighted by Gasteiger charge is -2.16. The van der Waals surface area contributed by atoms with Gasteiger partial charge in [0.2, 0.25) is 5.91 Å². The molecule has 0 bridgehead atoms. The third-order valence-electron chi connectivity index (χ3n) is 5.75. The number of carbonyl (C=O) groups is 2. The molecule has 9 heteroatoms. The molecule has 1 saturated heterocycles. The molecule has 1 fully saturated rings. The van der Waals surface area contributed by atoms with E-state index >= 15 is 0 Å². The molecule has 176 valence electrons. The first-order chi connectivity index (χ1) is 16.1. The van der Waals surface area contributed by atoms with Gasteiger partial charge in [0.05, 0.1) is 5.02 Å². The van der Waals surface area contributed by atoms with Crippen molar-refractivity contribution in [2.45, 2.75) is 31.6 Å². The minimum atomic E-state index is -4.02. The number of nitrogens with zero attached hydrogens (tertiary/aromatic N) is 1. The first-order valence-electron chi connectivity index (χ1n) is 10.8. The third-order valence-corrected chi connectivity index (χ3v) is 7.62. The van der Waals surface area contributed by atoms with Crippen LogP contribution in [-0.4, -0.2) is 26.8 Å². The molecule has 1 heterocycles. The van der Waals surface area contributed by atoms with E-state index in [-0.39, 0.29) is 21.4 Å². The summed E-state index contributed by atoms with van der Waals surface area (Å²) >= 11 is 6.18. The lowest BCUT2D eigenvalue weighted by atomic mass is 10.1. The molecule has 1 aliphatic rings. The first-order valence-corrected chi connectivity index (χ1v) is 12.6. The van der Waals surface area contributed by atoms with Crippen molar-refractivity contribution in [1.82, 2.24) is 0 Å². The summed E-state index contributed by atoms with van der Waals surface area (Å²) < 4.78 is 28.5. The Morgan fingerprint density at radius 2 is 1.65 bits per heavy atom. The van der Waals surface area contributed by atoms with Gasteiger partial charge in [-0.05, 0) is 86.0 Å². The van der Waals surface area contributed by atoms with Crippen LogP contribution >= 0.6 is 11.6 Å². The second kappa shape index (κ2) is 9.48. The molecular weight excluding hydrogens is 474 g/mol. The number of amides is 2. The van der Waals surface area contributed by atoms with Gasteiger partial charge in [-0.2, -0.15) is 0 Å². The van der Waals surface area contributed by atoms with Crippen LogP contribution in [0.3, 0.4) is 0 Å². The Morgan fingerprint density at radius 1 is 0.941 bits per heavy atom. The number of hydrogen-bond donors (Lipinski definition) is 2. The minimum Gasteiger partial charge on any atom is -0.322 e. The summed E-state index contributed by atoms with van der Waals surface area (Å²) in [6, 6.07) is 16.3. The normalized spacial score (nSPS) is 13.7. The zero-order chi connectivity index (χ0) is 24.5. The zero-order valence-corrected chi connectivity index (χ0v) is 20.3. The fourth-order valence-electron chi connectivity index (χ4n) is 3.71. The predicted molar refractivity (Wildman–Crippen MR) is 134 cm³/mol. The Labute approximate surface area is 203 Å². The zero-order valence-electron chi connectivity index (χ0n) is 18.8. The van der Waals surface area contributed by atoms with E-state index < -0.39 is 15.9 Å². The van der Waals surface area contributed by atoms with Crippen LogP contribution < -0.4 is 14.9 Å². The molecule has 0 spiro atoms. The van der Waals surface area contributed by atoms with E-state index in [4.69, 9.17) is 11.6 Å². The molecule has 3 aromatic rings. The molecule has 0 radical (unpaired) electrons. The number of nitrogens with one attached hydrogen (secondary N) is 2. The van der Waals surface area contributed by atoms with Gasteiger partial charge in [-0.15, -0.1) is 0 Å². The van der Waals surface area contributed by atoms with Gasteiger partial charge in [0.25, 0.3) is 15.9 Å². The van der Waals surface area contributed by atoms with Crippen LogP contribution in [0.15, 0.2) is 65.6 Å². The minimum absolute atomic E-state index is 0.00696. The topological polar surface area (TPSA) is 95.6 Å². The highest BCUT2D eigenvalue weighted by Crippen LogP contribution is 2.27. The van der Waals surface area contributed by atoms with E-state index in [1.807, 2.05) is 19.9 Å². The molecule has 7 nitrogen and oxygen atoms in total. The smallest absolute Gasteiger partial charge is 0.263 e. The van der Waals surface area contributed by atoms with Crippen LogP contribution in [0.25, 0.3) is 0 Å². The number of benzene rings is 3. The van der Waals surface area contributed by atoms with Gasteiger partial charge < -0.3 is 10.2 Å². The van der Waals surface area contributed by atoms with Crippen molar-refractivity contribution < 1.29 is 18.0 Å². The van der Waals surface area contributed by atoms with Gasteiger partial charge in [-0.1, -0.05) is 17.7 Å². The Balaban J connectivity index is 1.52. The molecule has 4 rings (SSSR count). The highest BCUT2D eigenvalue weighted by Gasteiger charge is 2.22. The molecule has 1 aliphatic heterocycles. The van der Waals surface area contributed by atoms with Crippen molar-refractivity contribution in [3.8, 4) is 0 Å². The molecule has 34 heavy (non-hydrogen) atoms. The summed E-state index contributed by atoms with van der Waals surface area (Å²) in [7, 11) is -4.02. The highest BCUT2D eigenvalue weighted by molar-refractivity contribution is 7.92. The average molecular weight is 498 g/mol. The van der Waals surface area contributed by atoms with E-state index in [0.29, 0.717) is 24.3 Å². The van der Waals surface area contributed by atoms with E-state index in [1.165, 1.54) is 18.2 Å². The monoisotopic (exact) mass is 497 g/mol. The predicted octanol–water partition coefficient (Wildman–Crippen LogP) is 5.14. The molecular formula is C25H24ClN3O4S. The molecule has 0 unspecified atom stereocenters. The van der Waals surface area contributed by atoms with Gasteiger partial charge in [0.1, 0.15) is 4.90 Å². The number of halogens is 1.